The number of carbonyl (C=O) groups is 1. The van der Waals surface area contributed by atoms with Crippen molar-refractivity contribution in [2.45, 2.75) is 13.3 Å². The number of hydrogen-bond donors (Lipinski definition) is 0. The number of benzene rings is 1. The Hall–Kier alpha value is -2.01. The maximum Gasteiger partial charge on any atom is 0.234 e. The topological polar surface area (TPSA) is 56.0 Å². The molecule has 0 saturated heterocycles. The van der Waals surface area contributed by atoms with E-state index in [1.165, 1.54) is 25.1 Å². The zero-order valence-electron chi connectivity index (χ0n) is 10.1. The van der Waals surface area contributed by atoms with Gasteiger partial charge in [0.15, 0.2) is 5.82 Å². The Balaban J connectivity index is 2.16. The number of hydrogen-bond acceptors (Lipinski definition) is 4. The van der Waals surface area contributed by atoms with Crippen LogP contribution in [0.2, 0.25) is 5.02 Å². The Morgan fingerprint density at radius 1 is 1.47 bits per heavy atom. The van der Waals surface area contributed by atoms with Crippen LogP contribution >= 0.6 is 11.6 Å². The molecule has 4 nitrogen and oxygen atoms in total. The van der Waals surface area contributed by atoms with Crippen LogP contribution in [-0.4, -0.2) is 15.9 Å². The van der Waals surface area contributed by atoms with Gasteiger partial charge in [-0.05, 0) is 25.1 Å². The molecule has 0 amide bonds. The predicted molar refractivity (Wildman–Crippen MR) is 69.0 cm³/mol. The lowest BCUT2D eigenvalue weighted by Gasteiger charge is -1.97. The van der Waals surface area contributed by atoms with Crippen molar-refractivity contribution in [2.75, 3.05) is 0 Å². The maximum atomic E-state index is 13.6. The van der Waals surface area contributed by atoms with Crippen molar-refractivity contribution in [3.8, 4) is 0 Å². The van der Waals surface area contributed by atoms with Gasteiger partial charge < -0.3 is 4.52 Å². The molecule has 0 N–H and O–H groups in total. The van der Waals surface area contributed by atoms with Crippen LogP contribution in [0.25, 0.3) is 12.2 Å². The van der Waals surface area contributed by atoms with Crippen LogP contribution in [-0.2, 0) is 11.2 Å². The van der Waals surface area contributed by atoms with E-state index in [0.29, 0.717) is 5.56 Å². The van der Waals surface area contributed by atoms with Crippen molar-refractivity contribution in [1.82, 2.24) is 10.1 Å². The summed E-state index contributed by atoms with van der Waals surface area (Å²) in [5.41, 5.74) is 0.324. The Bertz CT molecular complexity index is 637. The molecule has 0 saturated carbocycles. The molecular weight excluding hydrogens is 271 g/mol. The third-order valence-corrected chi connectivity index (χ3v) is 2.57. The van der Waals surface area contributed by atoms with E-state index in [4.69, 9.17) is 16.1 Å². The molecule has 0 aliphatic rings. The molecule has 1 heterocycles. The monoisotopic (exact) mass is 280 g/mol. The van der Waals surface area contributed by atoms with Crippen LogP contribution in [0.15, 0.2) is 22.7 Å². The molecule has 0 radical (unpaired) electrons. The molecule has 19 heavy (non-hydrogen) atoms. The van der Waals surface area contributed by atoms with Gasteiger partial charge in [-0.2, -0.15) is 4.98 Å². The molecule has 0 spiro atoms. The van der Waals surface area contributed by atoms with E-state index in [2.05, 4.69) is 10.1 Å². The van der Waals surface area contributed by atoms with Crippen molar-refractivity contribution >= 4 is 29.5 Å². The highest BCUT2D eigenvalue weighted by Crippen LogP contribution is 2.19. The van der Waals surface area contributed by atoms with Gasteiger partial charge in [-0.1, -0.05) is 28.9 Å². The molecular formula is C13H10ClFN2O2. The van der Waals surface area contributed by atoms with Gasteiger partial charge in [0.25, 0.3) is 0 Å². The van der Waals surface area contributed by atoms with E-state index in [9.17, 15) is 9.18 Å². The lowest BCUT2D eigenvalue weighted by atomic mass is 10.2. The summed E-state index contributed by atoms with van der Waals surface area (Å²) in [6, 6.07) is 4.68. The Morgan fingerprint density at radius 2 is 2.26 bits per heavy atom. The minimum atomic E-state index is -0.507. The first-order valence-corrected chi connectivity index (χ1v) is 5.88. The summed E-state index contributed by atoms with van der Waals surface area (Å²) >= 11 is 5.66. The van der Waals surface area contributed by atoms with Gasteiger partial charge in [0.2, 0.25) is 5.89 Å². The molecule has 0 unspecified atom stereocenters. The minimum absolute atomic E-state index is 0.0486. The summed E-state index contributed by atoms with van der Waals surface area (Å²) in [5.74, 6) is -0.0673. The van der Waals surface area contributed by atoms with Gasteiger partial charge in [-0.3, -0.25) is 4.79 Å². The largest absolute Gasteiger partial charge is 0.339 e. The second-order valence-electron chi connectivity index (χ2n) is 3.90. The van der Waals surface area contributed by atoms with Crippen molar-refractivity contribution < 1.29 is 13.7 Å². The first-order valence-electron chi connectivity index (χ1n) is 5.50. The molecule has 0 fully saturated rings. The van der Waals surface area contributed by atoms with Gasteiger partial charge in [-0.25, -0.2) is 4.39 Å². The van der Waals surface area contributed by atoms with Gasteiger partial charge in [-0.15, -0.1) is 0 Å². The SMILES string of the molecule is CC(=O)Cc1nc(/C=C/c2cccc(Cl)c2F)no1. The van der Waals surface area contributed by atoms with Crippen molar-refractivity contribution in [3.63, 3.8) is 0 Å². The molecule has 2 rings (SSSR count). The summed E-state index contributed by atoms with van der Waals surface area (Å²) in [6.07, 6.45) is 3.07. The molecule has 1 aromatic carbocycles. The Kier molecular flexibility index (Phi) is 4.06. The zero-order valence-corrected chi connectivity index (χ0v) is 10.8. The van der Waals surface area contributed by atoms with E-state index < -0.39 is 5.82 Å². The summed E-state index contributed by atoms with van der Waals surface area (Å²) < 4.78 is 18.5. The Morgan fingerprint density at radius 3 is 3.00 bits per heavy atom. The van der Waals surface area contributed by atoms with E-state index in [-0.39, 0.29) is 28.9 Å². The van der Waals surface area contributed by atoms with Gasteiger partial charge in [0.05, 0.1) is 11.4 Å². The second kappa shape index (κ2) is 5.75. The third kappa shape index (κ3) is 3.48. The zero-order chi connectivity index (χ0) is 13.8. The summed E-state index contributed by atoms with van der Waals surface area (Å²) in [6.45, 7) is 1.43. The molecule has 0 atom stereocenters. The second-order valence-corrected chi connectivity index (χ2v) is 4.31. The third-order valence-electron chi connectivity index (χ3n) is 2.28. The van der Waals surface area contributed by atoms with E-state index in [1.54, 1.807) is 12.1 Å². The van der Waals surface area contributed by atoms with E-state index in [0.717, 1.165) is 0 Å². The van der Waals surface area contributed by atoms with Crippen LogP contribution in [0.5, 0.6) is 0 Å². The van der Waals surface area contributed by atoms with Crippen LogP contribution < -0.4 is 0 Å². The fraction of sp³-hybridized carbons (Fsp3) is 0.154. The number of nitrogens with zero attached hydrogens (tertiary/aromatic N) is 2. The fourth-order valence-electron chi connectivity index (χ4n) is 1.43. The van der Waals surface area contributed by atoms with E-state index >= 15 is 0 Å². The lowest BCUT2D eigenvalue weighted by Crippen LogP contribution is -1.95. The highest BCUT2D eigenvalue weighted by atomic mass is 35.5. The molecule has 6 heteroatoms. The number of ketones is 1. The number of carbonyl (C=O) groups excluding carboxylic acids is 1. The predicted octanol–water partition coefficient (Wildman–Crippen LogP) is 3.16. The van der Waals surface area contributed by atoms with Crippen molar-refractivity contribution in [1.29, 1.82) is 0 Å². The minimum Gasteiger partial charge on any atom is -0.339 e. The molecule has 1 aromatic heterocycles. The van der Waals surface area contributed by atoms with Crippen molar-refractivity contribution in [2.24, 2.45) is 0 Å². The maximum absolute atomic E-state index is 13.6. The molecule has 2 aromatic rings. The summed E-state index contributed by atoms with van der Waals surface area (Å²) in [7, 11) is 0. The van der Waals surface area contributed by atoms with E-state index in [1.807, 2.05) is 0 Å². The van der Waals surface area contributed by atoms with Crippen LogP contribution in [0.1, 0.15) is 24.2 Å². The molecule has 0 aliphatic carbocycles. The number of Topliss-reactive ketones (excluding diaryl/α,β-unsaturated/α-hetero) is 1. The standard InChI is InChI=1S/C13H10ClFN2O2/c1-8(18)7-12-16-11(17-19-12)6-5-9-3-2-4-10(14)13(9)15/h2-6H,7H2,1H3/b6-5+. The fourth-order valence-corrected chi connectivity index (χ4v) is 1.62. The summed E-state index contributed by atoms with van der Waals surface area (Å²) in [4.78, 5) is 14.9. The van der Waals surface area contributed by atoms with Crippen LogP contribution in [0.3, 0.4) is 0 Å². The van der Waals surface area contributed by atoms with Gasteiger partial charge in [0, 0.05) is 5.56 Å². The molecule has 0 aliphatic heterocycles. The highest BCUT2D eigenvalue weighted by molar-refractivity contribution is 6.30. The number of aromatic nitrogens is 2. The Labute approximate surface area is 113 Å². The average Bonchev–Trinajstić information content (AvgIpc) is 2.78. The first kappa shape index (κ1) is 13.4. The highest BCUT2D eigenvalue weighted by Gasteiger charge is 2.07. The smallest absolute Gasteiger partial charge is 0.234 e. The lowest BCUT2D eigenvalue weighted by molar-refractivity contribution is -0.116. The number of halogens is 2. The van der Waals surface area contributed by atoms with Crippen LogP contribution in [0.4, 0.5) is 4.39 Å². The van der Waals surface area contributed by atoms with Crippen molar-refractivity contribution in [3.05, 3.63) is 46.3 Å². The quantitative estimate of drug-likeness (QED) is 0.863. The summed E-state index contributed by atoms with van der Waals surface area (Å²) in [5, 5.41) is 3.70. The van der Waals surface area contributed by atoms with Gasteiger partial charge >= 0.3 is 0 Å². The molecule has 0 bridgehead atoms. The van der Waals surface area contributed by atoms with Gasteiger partial charge in [0.1, 0.15) is 11.6 Å². The number of rotatable bonds is 4. The van der Waals surface area contributed by atoms with Crippen LogP contribution in [0, 0.1) is 5.82 Å². The molecule has 98 valence electrons. The first-order chi connectivity index (χ1) is 9.06. The average molecular weight is 281 g/mol. The normalized spacial score (nSPS) is 11.1.